The summed E-state index contributed by atoms with van der Waals surface area (Å²) < 4.78 is 0. The number of aryl methyl sites for hydroxylation is 1. The highest BCUT2D eigenvalue weighted by atomic mass is 14.9. The molecular formula is C13H23N3. The predicted octanol–water partition coefficient (Wildman–Crippen LogP) is 2.22. The fourth-order valence-corrected chi connectivity index (χ4v) is 1.50. The second-order valence-electron chi connectivity index (χ2n) is 5.61. The molecule has 1 atom stereocenters. The molecule has 0 aliphatic rings. The van der Waals surface area contributed by atoms with E-state index in [9.17, 15) is 0 Å². The summed E-state index contributed by atoms with van der Waals surface area (Å²) in [5.74, 6) is 1.36. The SMILES string of the molecule is Cc1cc(C(C)(C)C)nc(CC(C)CN)n1. The van der Waals surface area contributed by atoms with E-state index in [1.165, 1.54) is 0 Å². The van der Waals surface area contributed by atoms with E-state index in [1.807, 2.05) is 6.92 Å². The Morgan fingerprint density at radius 3 is 2.44 bits per heavy atom. The monoisotopic (exact) mass is 221 g/mol. The van der Waals surface area contributed by atoms with Crippen molar-refractivity contribution in [2.24, 2.45) is 11.7 Å². The van der Waals surface area contributed by atoms with Crippen LogP contribution in [0.5, 0.6) is 0 Å². The molecule has 1 aromatic heterocycles. The summed E-state index contributed by atoms with van der Waals surface area (Å²) in [6.07, 6.45) is 0.862. The van der Waals surface area contributed by atoms with Crippen LogP contribution in [0.25, 0.3) is 0 Å². The third-order valence-corrected chi connectivity index (χ3v) is 2.60. The number of aromatic nitrogens is 2. The topological polar surface area (TPSA) is 51.8 Å². The number of nitrogens with zero attached hydrogens (tertiary/aromatic N) is 2. The third-order valence-electron chi connectivity index (χ3n) is 2.60. The lowest BCUT2D eigenvalue weighted by Gasteiger charge is -2.19. The van der Waals surface area contributed by atoms with Crippen molar-refractivity contribution in [3.8, 4) is 0 Å². The number of hydrogen-bond donors (Lipinski definition) is 1. The van der Waals surface area contributed by atoms with Gasteiger partial charge in [-0.1, -0.05) is 27.7 Å². The molecule has 90 valence electrons. The van der Waals surface area contributed by atoms with Crippen molar-refractivity contribution in [2.75, 3.05) is 6.54 Å². The molecule has 1 unspecified atom stereocenters. The zero-order valence-electron chi connectivity index (χ0n) is 11.0. The van der Waals surface area contributed by atoms with Gasteiger partial charge in [0.15, 0.2) is 0 Å². The van der Waals surface area contributed by atoms with Gasteiger partial charge >= 0.3 is 0 Å². The average molecular weight is 221 g/mol. The van der Waals surface area contributed by atoms with Crippen LogP contribution in [0.3, 0.4) is 0 Å². The molecule has 1 aromatic rings. The Morgan fingerprint density at radius 2 is 1.94 bits per heavy atom. The summed E-state index contributed by atoms with van der Waals surface area (Å²) in [6.45, 7) is 11.3. The van der Waals surface area contributed by atoms with E-state index in [1.54, 1.807) is 0 Å². The lowest BCUT2D eigenvalue weighted by Crippen LogP contribution is -2.19. The average Bonchev–Trinajstić information content (AvgIpc) is 2.15. The first kappa shape index (κ1) is 13.1. The molecule has 3 heteroatoms. The van der Waals surface area contributed by atoms with Crippen molar-refractivity contribution in [1.29, 1.82) is 0 Å². The van der Waals surface area contributed by atoms with Crippen LogP contribution in [0.15, 0.2) is 6.07 Å². The highest BCUT2D eigenvalue weighted by Gasteiger charge is 2.17. The van der Waals surface area contributed by atoms with Gasteiger partial charge in [0.1, 0.15) is 5.82 Å². The van der Waals surface area contributed by atoms with Gasteiger partial charge in [-0.05, 0) is 25.5 Å². The molecular weight excluding hydrogens is 198 g/mol. The molecule has 0 amide bonds. The van der Waals surface area contributed by atoms with Crippen LogP contribution in [0, 0.1) is 12.8 Å². The number of nitrogens with two attached hydrogens (primary N) is 1. The van der Waals surface area contributed by atoms with Crippen LogP contribution in [0.1, 0.15) is 44.9 Å². The molecule has 1 heterocycles. The van der Waals surface area contributed by atoms with Crippen LogP contribution in [0.2, 0.25) is 0 Å². The zero-order valence-corrected chi connectivity index (χ0v) is 11.0. The summed E-state index contributed by atoms with van der Waals surface area (Å²) in [5, 5.41) is 0. The van der Waals surface area contributed by atoms with Gasteiger partial charge in [-0.3, -0.25) is 0 Å². The van der Waals surface area contributed by atoms with Crippen molar-refractivity contribution >= 4 is 0 Å². The Bertz CT molecular complexity index is 353. The molecule has 0 radical (unpaired) electrons. The van der Waals surface area contributed by atoms with E-state index < -0.39 is 0 Å². The maximum Gasteiger partial charge on any atom is 0.129 e. The summed E-state index contributed by atoms with van der Waals surface area (Å²) in [4.78, 5) is 9.09. The van der Waals surface area contributed by atoms with Crippen LogP contribution >= 0.6 is 0 Å². The standard InChI is InChI=1S/C13H23N3/c1-9(8-14)6-12-15-10(2)7-11(16-12)13(3,4)5/h7,9H,6,8,14H2,1-5H3. The highest BCUT2D eigenvalue weighted by molar-refractivity contribution is 5.17. The first-order valence-corrected chi connectivity index (χ1v) is 5.88. The summed E-state index contributed by atoms with van der Waals surface area (Å²) in [5.41, 5.74) is 7.86. The second-order valence-corrected chi connectivity index (χ2v) is 5.61. The fraction of sp³-hybridized carbons (Fsp3) is 0.692. The van der Waals surface area contributed by atoms with Crippen LogP contribution in [0.4, 0.5) is 0 Å². The number of rotatable bonds is 3. The van der Waals surface area contributed by atoms with E-state index in [4.69, 9.17) is 5.73 Å². The van der Waals surface area contributed by atoms with Gasteiger partial charge in [0.2, 0.25) is 0 Å². The van der Waals surface area contributed by atoms with E-state index in [-0.39, 0.29) is 5.41 Å². The molecule has 0 saturated heterocycles. The van der Waals surface area contributed by atoms with Crippen molar-refractivity contribution in [3.05, 3.63) is 23.3 Å². The minimum Gasteiger partial charge on any atom is -0.330 e. The van der Waals surface area contributed by atoms with Crippen LogP contribution < -0.4 is 5.73 Å². The van der Waals surface area contributed by atoms with E-state index in [0.29, 0.717) is 12.5 Å². The minimum atomic E-state index is 0.0778. The van der Waals surface area contributed by atoms with Crippen molar-refractivity contribution in [1.82, 2.24) is 9.97 Å². The van der Waals surface area contributed by atoms with E-state index in [0.717, 1.165) is 23.6 Å². The molecule has 0 fully saturated rings. The molecule has 0 aliphatic heterocycles. The smallest absolute Gasteiger partial charge is 0.129 e. The van der Waals surface area contributed by atoms with Gasteiger partial charge in [0.25, 0.3) is 0 Å². The highest BCUT2D eigenvalue weighted by Crippen LogP contribution is 2.21. The molecule has 16 heavy (non-hydrogen) atoms. The van der Waals surface area contributed by atoms with E-state index >= 15 is 0 Å². The van der Waals surface area contributed by atoms with Gasteiger partial charge in [-0.15, -0.1) is 0 Å². The van der Waals surface area contributed by atoms with Gasteiger partial charge in [0, 0.05) is 23.2 Å². The first-order valence-electron chi connectivity index (χ1n) is 5.88. The molecule has 0 spiro atoms. The lowest BCUT2D eigenvalue weighted by molar-refractivity contribution is 0.538. The largest absolute Gasteiger partial charge is 0.330 e. The normalized spacial score (nSPS) is 13.9. The molecule has 0 aliphatic carbocycles. The minimum absolute atomic E-state index is 0.0778. The fourth-order valence-electron chi connectivity index (χ4n) is 1.50. The molecule has 1 rings (SSSR count). The first-order chi connectivity index (χ1) is 7.32. The summed E-state index contributed by atoms with van der Waals surface area (Å²) in [7, 11) is 0. The Morgan fingerprint density at radius 1 is 1.31 bits per heavy atom. The Balaban J connectivity index is 2.99. The van der Waals surface area contributed by atoms with Crippen LogP contribution in [-0.2, 0) is 11.8 Å². The van der Waals surface area contributed by atoms with Crippen molar-refractivity contribution in [2.45, 2.75) is 46.5 Å². The quantitative estimate of drug-likeness (QED) is 0.851. The molecule has 2 N–H and O–H groups in total. The van der Waals surface area contributed by atoms with Gasteiger partial charge < -0.3 is 5.73 Å². The number of hydrogen-bond acceptors (Lipinski definition) is 3. The maximum atomic E-state index is 5.63. The molecule has 0 bridgehead atoms. The summed E-state index contributed by atoms with van der Waals surface area (Å²) in [6, 6.07) is 2.07. The van der Waals surface area contributed by atoms with Gasteiger partial charge in [-0.25, -0.2) is 9.97 Å². The molecule has 3 nitrogen and oxygen atoms in total. The Labute approximate surface area is 98.5 Å². The van der Waals surface area contributed by atoms with Gasteiger partial charge in [-0.2, -0.15) is 0 Å². The summed E-state index contributed by atoms with van der Waals surface area (Å²) >= 11 is 0. The van der Waals surface area contributed by atoms with Crippen molar-refractivity contribution < 1.29 is 0 Å². The van der Waals surface area contributed by atoms with Crippen molar-refractivity contribution in [3.63, 3.8) is 0 Å². The Kier molecular flexibility index (Phi) is 4.03. The third kappa shape index (κ3) is 3.56. The second kappa shape index (κ2) is 4.91. The maximum absolute atomic E-state index is 5.63. The zero-order chi connectivity index (χ0) is 12.3. The molecule has 0 aromatic carbocycles. The predicted molar refractivity (Wildman–Crippen MR) is 67.4 cm³/mol. The van der Waals surface area contributed by atoms with E-state index in [2.05, 4.69) is 43.7 Å². The Hall–Kier alpha value is -0.960. The molecule has 0 saturated carbocycles. The van der Waals surface area contributed by atoms with Gasteiger partial charge in [0.05, 0.1) is 0 Å². The van der Waals surface area contributed by atoms with Crippen LogP contribution in [-0.4, -0.2) is 16.5 Å². The lowest BCUT2D eigenvalue weighted by atomic mass is 9.91.